The Kier molecular flexibility index (Phi) is 5.66. The molecule has 31 heavy (non-hydrogen) atoms. The molecule has 158 valence electrons. The highest BCUT2D eigenvalue weighted by Gasteiger charge is 2.13. The molecular weight excluding hydrogens is 388 g/mol. The maximum atomic E-state index is 12.6. The van der Waals surface area contributed by atoms with E-state index in [2.05, 4.69) is 46.5 Å². The van der Waals surface area contributed by atoms with Gasteiger partial charge in [-0.25, -0.2) is 0 Å². The fourth-order valence-corrected chi connectivity index (χ4v) is 3.59. The minimum absolute atomic E-state index is 0.0185. The van der Waals surface area contributed by atoms with Crippen molar-refractivity contribution in [2.45, 2.75) is 40.3 Å². The van der Waals surface area contributed by atoms with Crippen molar-refractivity contribution in [2.75, 3.05) is 10.6 Å². The predicted molar refractivity (Wildman–Crippen MR) is 123 cm³/mol. The molecule has 0 saturated heterocycles. The van der Waals surface area contributed by atoms with Crippen LogP contribution < -0.4 is 10.6 Å². The summed E-state index contributed by atoms with van der Waals surface area (Å²) in [5, 5.41) is 11.0. The van der Waals surface area contributed by atoms with Gasteiger partial charge in [0.2, 0.25) is 0 Å². The number of anilines is 2. The first kappa shape index (κ1) is 20.5. The second-order valence-corrected chi connectivity index (χ2v) is 7.76. The highest BCUT2D eigenvalue weighted by molar-refractivity contribution is 6.04. The number of carbonyl (C=O) groups is 1. The van der Waals surface area contributed by atoms with Crippen LogP contribution in [-0.4, -0.2) is 25.7 Å². The van der Waals surface area contributed by atoms with Gasteiger partial charge >= 0.3 is 0 Å². The summed E-state index contributed by atoms with van der Waals surface area (Å²) in [7, 11) is 0. The number of nitrogens with one attached hydrogen (secondary N) is 2. The van der Waals surface area contributed by atoms with Gasteiger partial charge in [-0.1, -0.05) is 6.07 Å². The number of hydrogen-bond acceptors (Lipinski definition) is 5. The third-order valence-electron chi connectivity index (χ3n) is 5.25. The molecule has 0 unspecified atom stereocenters. The first-order chi connectivity index (χ1) is 14.9. The summed E-state index contributed by atoms with van der Waals surface area (Å²) in [6.07, 6.45) is 7.08. The Balaban J connectivity index is 1.52. The van der Waals surface area contributed by atoms with Crippen LogP contribution in [0.15, 0.2) is 55.1 Å². The summed E-state index contributed by atoms with van der Waals surface area (Å²) in [6.45, 7) is 8.93. The molecule has 1 aromatic carbocycles. The van der Waals surface area contributed by atoms with E-state index in [1.807, 2.05) is 54.3 Å². The van der Waals surface area contributed by atoms with Crippen LogP contribution in [0.2, 0.25) is 0 Å². The molecule has 2 N–H and O–H groups in total. The molecule has 1 amide bonds. The predicted octanol–water partition coefficient (Wildman–Crippen LogP) is 4.89. The van der Waals surface area contributed by atoms with Gasteiger partial charge in [0.25, 0.3) is 5.91 Å². The molecule has 3 heterocycles. The molecule has 0 radical (unpaired) electrons. The van der Waals surface area contributed by atoms with Crippen molar-refractivity contribution in [1.29, 1.82) is 0 Å². The molecule has 1 atom stereocenters. The van der Waals surface area contributed by atoms with E-state index in [0.717, 1.165) is 45.6 Å². The number of carbonyl (C=O) groups excluding carboxylic acids is 1. The van der Waals surface area contributed by atoms with Gasteiger partial charge in [0.05, 0.1) is 23.6 Å². The number of amides is 1. The molecule has 0 spiro atoms. The van der Waals surface area contributed by atoms with Gasteiger partial charge in [-0.3, -0.25) is 19.4 Å². The molecule has 7 heteroatoms. The van der Waals surface area contributed by atoms with Crippen molar-refractivity contribution < 1.29 is 4.79 Å². The first-order valence-electron chi connectivity index (χ1n) is 10.4. The Labute approximate surface area is 181 Å². The maximum Gasteiger partial charge on any atom is 0.257 e. The van der Waals surface area contributed by atoms with Gasteiger partial charge in [-0.15, -0.1) is 0 Å². The van der Waals surface area contributed by atoms with E-state index in [-0.39, 0.29) is 11.9 Å². The summed E-state index contributed by atoms with van der Waals surface area (Å²) < 4.78 is 1.88. The quantitative estimate of drug-likeness (QED) is 0.469. The Hall–Kier alpha value is -3.74. The minimum atomic E-state index is -0.173. The highest BCUT2D eigenvalue weighted by Crippen LogP contribution is 2.26. The van der Waals surface area contributed by atoms with E-state index >= 15 is 0 Å². The average Bonchev–Trinajstić information content (AvgIpc) is 3.17. The Morgan fingerprint density at radius 3 is 2.68 bits per heavy atom. The highest BCUT2D eigenvalue weighted by atomic mass is 16.1. The minimum Gasteiger partial charge on any atom is -0.377 e. The summed E-state index contributed by atoms with van der Waals surface area (Å²) in [5.74, 6) is -0.173. The Morgan fingerprint density at radius 2 is 1.90 bits per heavy atom. The third kappa shape index (κ3) is 4.55. The lowest BCUT2D eigenvalue weighted by molar-refractivity contribution is 0.102. The zero-order chi connectivity index (χ0) is 22.0. The fourth-order valence-electron chi connectivity index (χ4n) is 3.59. The zero-order valence-corrected chi connectivity index (χ0v) is 18.2. The maximum absolute atomic E-state index is 12.6. The first-order valence-corrected chi connectivity index (χ1v) is 10.4. The van der Waals surface area contributed by atoms with Crippen LogP contribution in [0.1, 0.15) is 46.9 Å². The van der Waals surface area contributed by atoms with Gasteiger partial charge in [-0.05, 0) is 68.7 Å². The van der Waals surface area contributed by atoms with Crippen LogP contribution in [-0.2, 0) is 6.54 Å². The monoisotopic (exact) mass is 414 g/mol. The molecule has 0 fully saturated rings. The van der Waals surface area contributed by atoms with Crippen LogP contribution >= 0.6 is 0 Å². The number of rotatable bonds is 6. The lowest BCUT2D eigenvalue weighted by Crippen LogP contribution is -2.14. The van der Waals surface area contributed by atoms with Crippen LogP contribution in [0.5, 0.6) is 0 Å². The van der Waals surface area contributed by atoms with Crippen molar-refractivity contribution in [2.24, 2.45) is 0 Å². The fraction of sp³-hybridized carbons (Fsp3) is 0.250. The van der Waals surface area contributed by atoms with E-state index < -0.39 is 0 Å². The van der Waals surface area contributed by atoms with Gasteiger partial charge < -0.3 is 10.6 Å². The molecule has 0 aliphatic heterocycles. The number of aryl methyl sites for hydroxylation is 3. The normalized spacial score (nSPS) is 12.0. The van der Waals surface area contributed by atoms with Crippen LogP contribution in [0.4, 0.5) is 11.4 Å². The topological polar surface area (TPSA) is 84.7 Å². The third-order valence-corrected chi connectivity index (χ3v) is 5.25. The van der Waals surface area contributed by atoms with Crippen molar-refractivity contribution in [3.63, 3.8) is 0 Å². The number of fused-ring (bicyclic) bond motifs is 1. The number of aromatic nitrogens is 4. The lowest BCUT2D eigenvalue weighted by atomic mass is 10.0. The van der Waals surface area contributed by atoms with Gasteiger partial charge in [0, 0.05) is 30.7 Å². The molecule has 3 aromatic heterocycles. The molecule has 7 nitrogen and oxygen atoms in total. The summed E-state index contributed by atoms with van der Waals surface area (Å²) in [4.78, 5) is 21.2. The molecule has 4 rings (SSSR count). The van der Waals surface area contributed by atoms with Gasteiger partial charge in [0.15, 0.2) is 0 Å². The number of nitrogens with zero attached hydrogens (tertiary/aromatic N) is 4. The van der Waals surface area contributed by atoms with E-state index in [1.165, 1.54) is 0 Å². The van der Waals surface area contributed by atoms with Crippen LogP contribution in [0.25, 0.3) is 11.0 Å². The van der Waals surface area contributed by atoms with Crippen molar-refractivity contribution in [1.82, 2.24) is 19.7 Å². The van der Waals surface area contributed by atoms with Crippen molar-refractivity contribution in [3.05, 3.63) is 77.4 Å². The van der Waals surface area contributed by atoms with Crippen LogP contribution in [0.3, 0.4) is 0 Å². The molecule has 0 aliphatic carbocycles. The van der Waals surface area contributed by atoms with E-state index in [9.17, 15) is 4.79 Å². The number of hydrogen-bond donors (Lipinski definition) is 2. The Bertz CT molecular complexity index is 1250. The molecule has 4 aromatic rings. The largest absolute Gasteiger partial charge is 0.377 e. The molecular formula is C24H26N6O. The van der Waals surface area contributed by atoms with Gasteiger partial charge in [0.1, 0.15) is 11.0 Å². The molecule has 0 saturated carbocycles. The second kappa shape index (κ2) is 8.55. The van der Waals surface area contributed by atoms with E-state index in [4.69, 9.17) is 0 Å². The van der Waals surface area contributed by atoms with Crippen LogP contribution in [0, 0.1) is 13.8 Å². The smallest absolute Gasteiger partial charge is 0.257 e. The van der Waals surface area contributed by atoms with E-state index in [0.29, 0.717) is 5.56 Å². The SMILES string of the molecule is CCn1cc2ncc(N[C@@H](C)c3cc(NC(=O)c4cncc(C)c4)ccc3C)cc2n1. The lowest BCUT2D eigenvalue weighted by Gasteiger charge is -2.19. The molecule has 0 bridgehead atoms. The summed E-state index contributed by atoms with van der Waals surface area (Å²) in [6, 6.07) is 9.79. The number of pyridine rings is 2. The zero-order valence-electron chi connectivity index (χ0n) is 18.2. The second-order valence-electron chi connectivity index (χ2n) is 7.76. The molecule has 0 aliphatic rings. The Morgan fingerprint density at radius 1 is 1.06 bits per heavy atom. The summed E-state index contributed by atoms with van der Waals surface area (Å²) in [5.41, 5.74) is 7.12. The van der Waals surface area contributed by atoms with Crippen molar-refractivity contribution in [3.8, 4) is 0 Å². The van der Waals surface area contributed by atoms with Crippen molar-refractivity contribution >= 4 is 28.3 Å². The standard InChI is InChI=1S/C24H26N6O/c1-5-30-14-23-22(29-30)10-20(13-26-23)27-17(4)21-9-19(7-6-16(21)3)28-24(31)18-8-15(2)11-25-12-18/h6-14,17,27H,5H2,1-4H3,(H,28,31)/t17-/m0/s1. The number of benzene rings is 1. The summed E-state index contributed by atoms with van der Waals surface area (Å²) >= 11 is 0. The van der Waals surface area contributed by atoms with E-state index in [1.54, 1.807) is 12.4 Å². The average molecular weight is 415 g/mol. The van der Waals surface area contributed by atoms with Gasteiger partial charge in [-0.2, -0.15) is 5.10 Å².